The van der Waals surface area contributed by atoms with Crippen LogP contribution in [0.2, 0.25) is 0 Å². The average Bonchev–Trinajstić information content (AvgIpc) is 3.26. The lowest BCUT2D eigenvalue weighted by Crippen LogP contribution is -3.00. The SMILES string of the molecule is CCN(CCn1cc[n+](C)c1)c1ccc(N=NN2CNCS2)cc1.[Br-]. The van der Waals surface area contributed by atoms with E-state index in [0.717, 1.165) is 37.9 Å². The van der Waals surface area contributed by atoms with Crippen molar-refractivity contribution in [2.45, 2.75) is 13.5 Å². The molecule has 1 saturated heterocycles. The monoisotopic (exact) mass is 425 g/mol. The number of halogens is 1. The summed E-state index contributed by atoms with van der Waals surface area (Å²) < 4.78 is 6.11. The van der Waals surface area contributed by atoms with E-state index in [2.05, 4.69) is 67.5 Å². The average molecular weight is 426 g/mol. The fraction of sp³-hybridized carbons (Fsp3) is 0.438. The molecule has 0 radical (unpaired) electrons. The first-order valence-electron chi connectivity index (χ1n) is 8.13. The van der Waals surface area contributed by atoms with E-state index in [1.54, 1.807) is 11.9 Å². The zero-order chi connectivity index (χ0) is 16.8. The van der Waals surface area contributed by atoms with Gasteiger partial charge in [0.15, 0.2) is 0 Å². The first-order valence-corrected chi connectivity index (χ1v) is 9.07. The van der Waals surface area contributed by atoms with Gasteiger partial charge in [-0.3, -0.25) is 5.32 Å². The number of nitrogens with zero attached hydrogens (tertiary/aromatic N) is 6. The van der Waals surface area contributed by atoms with Crippen molar-refractivity contribution >= 4 is 23.3 Å². The van der Waals surface area contributed by atoms with E-state index in [-0.39, 0.29) is 17.0 Å². The predicted molar refractivity (Wildman–Crippen MR) is 96.8 cm³/mol. The van der Waals surface area contributed by atoms with Gasteiger partial charge in [-0.1, -0.05) is 5.22 Å². The Labute approximate surface area is 163 Å². The smallest absolute Gasteiger partial charge is 0.243 e. The number of rotatable bonds is 7. The quantitative estimate of drug-likeness (QED) is 0.362. The van der Waals surface area contributed by atoms with Gasteiger partial charge in [0, 0.05) is 12.2 Å². The van der Waals surface area contributed by atoms with Crippen LogP contribution in [0.4, 0.5) is 11.4 Å². The van der Waals surface area contributed by atoms with Crippen LogP contribution in [0.3, 0.4) is 0 Å². The zero-order valence-corrected chi connectivity index (χ0v) is 16.9. The maximum absolute atomic E-state index is 4.28. The molecular formula is C16H24BrN7S. The van der Waals surface area contributed by atoms with Crippen molar-refractivity contribution < 1.29 is 21.5 Å². The summed E-state index contributed by atoms with van der Waals surface area (Å²) >= 11 is 1.63. The molecule has 0 aliphatic carbocycles. The summed E-state index contributed by atoms with van der Waals surface area (Å²) in [6.45, 7) is 5.84. The number of likely N-dealkylation sites (N-methyl/N-ethyl adjacent to an activating group) is 1. The molecule has 1 aliphatic rings. The zero-order valence-electron chi connectivity index (χ0n) is 14.5. The second-order valence-electron chi connectivity index (χ2n) is 5.64. The number of anilines is 1. The van der Waals surface area contributed by atoms with E-state index in [9.17, 15) is 0 Å². The molecule has 2 aromatic rings. The van der Waals surface area contributed by atoms with Gasteiger partial charge in [-0.15, -0.1) is 5.11 Å². The lowest BCUT2D eigenvalue weighted by Gasteiger charge is -2.22. The Morgan fingerprint density at radius 2 is 2.12 bits per heavy atom. The molecule has 2 heterocycles. The van der Waals surface area contributed by atoms with Crippen LogP contribution in [0.5, 0.6) is 0 Å². The highest BCUT2D eigenvalue weighted by molar-refractivity contribution is 7.97. The van der Waals surface area contributed by atoms with Crippen LogP contribution < -0.4 is 31.8 Å². The summed E-state index contributed by atoms with van der Waals surface area (Å²) in [5.41, 5.74) is 2.09. The van der Waals surface area contributed by atoms with E-state index in [4.69, 9.17) is 0 Å². The third-order valence-corrected chi connectivity index (χ3v) is 4.70. The van der Waals surface area contributed by atoms with Crippen LogP contribution in [-0.4, -0.2) is 34.6 Å². The van der Waals surface area contributed by atoms with Gasteiger partial charge in [0.2, 0.25) is 6.33 Å². The molecule has 1 aromatic heterocycles. The minimum atomic E-state index is 0. The van der Waals surface area contributed by atoms with Gasteiger partial charge in [-0.2, -0.15) is 0 Å². The molecule has 136 valence electrons. The van der Waals surface area contributed by atoms with Crippen molar-refractivity contribution in [1.29, 1.82) is 0 Å². The van der Waals surface area contributed by atoms with Gasteiger partial charge in [0.05, 0.1) is 25.2 Å². The van der Waals surface area contributed by atoms with E-state index in [0.29, 0.717) is 0 Å². The molecule has 1 N–H and O–H groups in total. The Bertz CT molecular complexity index is 667. The molecular weight excluding hydrogens is 402 g/mol. The summed E-state index contributed by atoms with van der Waals surface area (Å²) in [5, 5.41) is 11.7. The molecule has 25 heavy (non-hydrogen) atoms. The first-order chi connectivity index (χ1) is 11.7. The van der Waals surface area contributed by atoms with Gasteiger partial charge in [-0.25, -0.2) is 13.5 Å². The van der Waals surface area contributed by atoms with Crippen LogP contribution >= 0.6 is 11.9 Å². The Hall–Kier alpha value is -1.58. The molecule has 1 fully saturated rings. The number of benzene rings is 1. The third kappa shape index (κ3) is 5.72. The van der Waals surface area contributed by atoms with Crippen LogP contribution in [-0.2, 0) is 13.6 Å². The van der Waals surface area contributed by atoms with Crippen LogP contribution in [0.25, 0.3) is 0 Å². The Balaban J connectivity index is 0.00000225. The van der Waals surface area contributed by atoms with Gasteiger partial charge in [0.1, 0.15) is 25.6 Å². The highest BCUT2D eigenvalue weighted by Gasteiger charge is 2.09. The van der Waals surface area contributed by atoms with E-state index >= 15 is 0 Å². The second-order valence-corrected chi connectivity index (χ2v) is 6.60. The normalized spacial score (nSPS) is 14.1. The van der Waals surface area contributed by atoms with Crippen molar-refractivity contribution in [2.24, 2.45) is 17.4 Å². The second kappa shape index (κ2) is 9.79. The number of imidazole rings is 1. The fourth-order valence-electron chi connectivity index (χ4n) is 2.54. The number of hydrogen-bond donors (Lipinski definition) is 1. The molecule has 9 heteroatoms. The molecule has 3 rings (SSSR count). The van der Waals surface area contributed by atoms with E-state index in [1.165, 1.54) is 5.69 Å². The summed E-state index contributed by atoms with van der Waals surface area (Å²) in [6, 6.07) is 8.27. The van der Waals surface area contributed by atoms with Crippen molar-refractivity contribution in [1.82, 2.24) is 14.3 Å². The van der Waals surface area contributed by atoms with Crippen LogP contribution in [0, 0.1) is 0 Å². The lowest BCUT2D eigenvalue weighted by atomic mass is 10.2. The molecule has 7 nitrogen and oxygen atoms in total. The van der Waals surface area contributed by atoms with Crippen molar-refractivity contribution in [2.75, 3.05) is 30.5 Å². The summed E-state index contributed by atoms with van der Waals surface area (Å²) in [5.74, 6) is 0.892. The molecule has 0 amide bonds. The highest BCUT2D eigenvalue weighted by Crippen LogP contribution is 2.22. The van der Waals surface area contributed by atoms with Gasteiger partial charge >= 0.3 is 0 Å². The minimum Gasteiger partial charge on any atom is -1.00 e. The molecule has 0 saturated carbocycles. The number of nitrogens with one attached hydrogen (secondary N) is 1. The molecule has 1 aliphatic heterocycles. The van der Waals surface area contributed by atoms with Gasteiger partial charge < -0.3 is 21.9 Å². The van der Waals surface area contributed by atoms with Crippen molar-refractivity contribution in [3.05, 3.63) is 43.0 Å². The highest BCUT2D eigenvalue weighted by atomic mass is 79.9. The number of aromatic nitrogens is 2. The molecule has 1 aromatic carbocycles. The summed E-state index contributed by atoms with van der Waals surface area (Å²) in [6.07, 6.45) is 6.26. The topological polar surface area (TPSA) is 52.0 Å². The minimum absolute atomic E-state index is 0. The van der Waals surface area contributed by atoms with Crippen LogP contribution in [0.1, 0.15) is 6.92 Å². The molecule has 0 atom stereocenters. The maximum atomic E-state index is 4.28. The van der Waals surface area contributed by atoms with Gasteiger partial charge in [-0.05, 0) is 43.1 Å². The first kappa shape index (κ1) is 19.7. The van der Waals surface area contributed by atoms with Crippen LogP contribution in [0.15, 0.2) is 53.3 Å². The summed E-state index contributed by atoms with van der Waals surface area (Å²) in [7, 11) is 2.04. The largest absolute Gasteiger partial charge is 1.00 e. The van der Waals surface area contributed by atoms with Gasteiger partial charge in [0.25, 0.3) is 0 Å². The molecule has 0 unspecified atom stereocenters. The summed E-state index contributed by atoms with van der Waals surface area (Å²) in [4.78, 5) is 2.36. The Morgan fingerprint density at radius 3 is 2.72 bits per heavy atom. The van der Waals surface area contributed by atoms with Crippen molar-refractivity contribution in [3.8, 4) is 0 Å². The maximum Gasteiger partial charge on any atom is 0.243 e. The fourth-order valence-corrected chi connectivity index (χ4v) is 3.14. The lowest BCUT2D eigenvalue weighted by molar-refractivity contribution is -0.671. The van der Waals surface area contributed by atoms with E-state index < -0.39 is 0 Å². The van der Waals surface area contributed by atoms with E-state index in [1.807, 2.05) is 23.6 Å². The van der Waals surface area contributed by atoms with Crippen molar-refractivity contribution in [3.63, 3.8) is 0 Å². The predicted octanol–water partition coefficient (Wildman–Crippen LogP) is -0.690. The molecule has 0 bridgehead atoms. The number of hydrogen-bond acceptors (Lipinski definition) is 5. The Kier molecular flexibility index (Phi) is 7.73. The number of aryl methyl sites for hydroxylation is 1. The Morgan fingerprint density at radius 1 is 1.32 bits per heavy atom. The third-order valence-electron chi connectivity index (χ3n) is 3.87. The standard InChI is InChI=1S/C16H24N7S.BrH/c1-3-22(11-10-21-9-8-20(2)14-21)16-6-4-15(5-7-16)18-19-23-12-17-13-24-23;/h4-9,14,17H,3,10-13H2,1-2H3;1H/q+1;/p-1. The molecule has 0 spiro atoms.